The summed E-state index contributed by atoms with van der Waals surface area (Å²) < 4.78 is 40.6. The van der Waals surface area contributed by atoms with Crippen molar-refractivity contribution in [3.63, 3.8) is 0 Å². The predicted molar refractivity (Wildman–Crippen MR) is 113 cm³/mol. The van der Waals surface area contributed by atoms with E-state index in [1.807, 2.05) is 32.0 Å². The topological polar surface area (TPSA) is 87.2 Å². The first-order valence-electron chi connectivity index (χ1n) is 8.52. The van der Waals surface area contributed by atoms with E-state index >= 15 is 0 Å². The Morgan fingerprint density at radius 3 is 2.28 bits per heavy atom. The SMILES string of the molecule is Cc1cc(N(C)C)nc(Nc2ccc(NS(=O)(=O)c3ccc(F)c(Cl)c3)cc2)n1. The van der Waals surface area contributed by atoms with Gasteiger partial charge in [-0.2, -0.15) is 4.98 Å². The molecule has 29 heavy (non-hydrogen) atoms. The Labute approximate surface area is 173 Å². The molecule has 0 aliphatic carbocycles. The number of nitrogens with one attached hydrogen (secondary N) is 2. The Morgan fingerprint density at radius 2 is 1.66 bits per heavy atom. The number of rotatable bonds is 6. The zero-order valence-corrected chi connectivity index (χ0v) is 17.5. The van der Waals surface area contributed by atoms with Gasteiger partial charge in [-0.25, -0.2) is 17.8 Å². The van der Waals surface area contributed by atoms with Crippen molar-refractivity contribution >= 4 is 44.8 Å². The summed E-state index contributed by atoms with van der Waals surface area (Å²) in [5.74, 6) is 0.516. The van der Waals surface area contributed by atoms with Crippen molar-refractivity contribution in [1.82, 2.24) is 9.97 Å². The lowest BCUT2D eigenvalue weighted by atomic mass is 10.3. The van der Waals surface area contributed by atoms with E-state index in [-0.39, 0.29) is 9.92 Å². The van der Waals surface area contributed by atoms with Crippen molar-refractivity contribution in [2.45, 2.75) is 11.8 Å². The Balaban J connectivity index is 1.76. The number of hydrogen-bond acceptors (Lipinski definition) is 6. The predicted octanol–water partition coefficient (Wildman–Crippen LogP) is 4.19. The normalized spacial score (nSPS) is 11.2. The van der Waals surface area contributed by atoms with Gasteiger partial charge in [0, 0.05) is 37.2 Å². The van der Waals surface area contributed by atoms with Crippen LogP contribution in [0, 0.1) is 12.7 Å². The Kier molecular flexibility index (Phi) is 5.90. The van der Waals surface area contributed by atoms with Crippen molar-refractivity contribution in [1.29, 1.82) is 0 Å². The Hall–Kier alpha value is -2.91. The number of anilines is 4. The fourth-order valence-electron chi connectivity index (χ4n) is 2.45. The minimum Gasteiger partial charge on any atom is -0.363 e. The molecule has 0 aliphatic heterocycles. The van der Waals surface area contributed by atoms with Gasteiger partial charge in [-0.3, -0.25) is 4.72 Å². The molecule has 0 aliphatic rings. The molecule has 0 amide bonds. The third kappa shape index (κ3) is 5.12. The second-order valence-electron chi connectivity index (χ2n) is 6.47. The van der Waals surface area contributed by atoms with Gasteiger partial charge in [0.2, 0.25) is 5.95 Å². The lowest BCUT2D eigenvalue weighted by Gasteiger charge is -2.14. The van der Waals surface area contributed by atoms with E-state index in [1.165, 1.54) is 0 Å². The van der Waals surface area contributed by atoms with E-state index in [4.69, 9.17) is 11.6 Å². The second kappa shape index (κ2) is 8.22. The fourth-order valence-corrected chi connectivity index (χ4v) is 3.78. The first-order chi connectivity index (χ1) is 13.6. The van der Waals surface area contributed by atoms with E-state index < -0.39 is 15.8 Å². The van der Waals surface area contributed by atoms with Crippen LogP contribution in [-0.4, -0.2) is 32.5 Å². The summed E-state index contributed by atoms with van der Waals surface area (Å²) in [6.07, 6.45) is 0. The summed E-state index contributed by atoms with van der Waals surface area (Å²) in [5, 5.41) is 2.83. The maximum Gasteiger partial charge on any atom is 0.261 e. The number of sulfonamides is 1. The van der Waals surface area contributed by atoms with E-state index in [1.54, 1.807) is 24.3 Å². The van der Waals surface area contributed by atoms with E-state index in [2.05, 4.69) is 20.0 Å². The Bertz CT molecular complexity index is 1140. The van der Waals surface area contributed by atoms with Crippen molar-refractivity contribution in [2.75, 3.05) is 29.0 Å². The summed E-state index contributed by atoms with van der Waals surface area (Å²) in [5.41, 5.74) is 1.84. The van der Waals surface area contributed by atoms with Gasteiger partial charge in [-0.15, -0.1) is 0 Å². The third-order valence-corrected chi connectivity index (χ3v) is 5.56. The molecule has 152 valence electrons. The molecule has 7 nitrogen and oxygen atoms in total. The van der Waals surface area contributed by atoms with E-state index in [9.17, 15) is 12.8 Å². The van der Waals surface area contributed by atoms with Gasteiger partial charge in [0.15, 0.2) is 0 Å². The summed E-state index contributed by atoms with van der Waals surface area (Å²) in [6, 6.07) is 11.6. The molecule has 0 saturated carbocycles. The van der Waals surface area contributed by atoms with E-state index in [0.29, 0.717) is 17.3 Å². The molecule has 3 rings (SSSR count). The minimum atomic E-state index is -3.90. The number of halogens is 2. The summed E-state index contributed by atoms with van der Waals surface area (Å²) >= 11 is 5.67. The highest BCUT2D eigenvalue weighted by Gasteiger charge is 2.16. The van der Waals surface area contributed by atoms with Crippen molar-refractivity contribution in [2.24, 2.45) is 0 Å². The van der Waals surface area contributed by atoms with Crippen LogP contribution in [-0.2, 0) is 10.0 Å². The first kappa shape index (κ1) is 20.8. The molecular formula is C19H19ClFN5O2S. The van der Waals surface area contributed by atoms with Crippen LogP contribution in [0.2, 0.25) is 5.02 Å². The van der Waals surface area contributed by atoms with Gasteiger partial charge in [0.25, 0.3) is 10.0 Å². The van der Waals surface area contributed by atoms with Crippen LogP contribution in [0.25, 0.3) is 0 Å². The third-order valence-electron chi connectivity index (χ3n) is 3.89. The maximum absolute atomic E-state index is 13.3. The minimum absolute atomic E-state index is 0.129. The standard InChI is InChI=1S/C19H19ClFN5O2S/c1-12-10-18(26(2)3)24-19(22-12)23-13-4-6-14(7-5-13)25-29(27,28)15-8-9-17(21)16(20)11-15/h4-11,25H,1-3H3,(H,22,23,24). The summed E-state index contributed by atoms with van der Waals surface area (Å²) in [4.78, 5) is 10.5. The quantitative estimate of drug-likeness (QED) is 0.603. The van der Waals surface area contributed by atoms with Crippen LogP contribution < -0.4 is 14.9 Å². The van der Waals surface area contributed by atoms with Gasteiger partial charge in [0.1, 0.15) is 11.6 Å². The molecule has 1 aromatic heterocycles. The largest absolute Gasteiger partial charge is 0.363 e. The van der Waals surface area contributed by atoms with Crippen LogP contribution in [0.15, 0.2) is 53.4 Å². The molecule has 0 radical (unpaired) electrons. The zero-order valence-electron chi connectivity index (χ0n) is 15.9. The average molecular weight is 436 g/mol. The first-order valence-corrected chi connectivity index (χ1v) is 10.4. The lowest BCUT2D eigenvalue weighted by molar-refractivity contribution is 0.599. The molecule has 2 aromatic carbocycles. The van der Waals surface area contributed by atoms with Crippen LogP contribution in [0.3, 0.4) is 0 Å². The number of hydrogen-bond donors (Lipinski definition) is 2. The molecule has 0 atom stereocenters. The van der Waals surface area contributed by atoms with Gasteiger partial charge < -0.3 is 10.2 Å². The van der Waals surface area contributed by atoms with Gasteiger partial charge in [-0.05, 0) is 49.4 Å². The van der Waals surface area contributed by atoms with Crippen LogP contribution in [0.5, 0.6) is 0 Å². The molecular weight excluding hydrogens is 417 g/mol. The number of benzene rings is 2. The second-order valence-corrected chi connectivity index (χ2v) is 8.56. The molecule has 0 unspecified atom stereocenters. The highest BCUT2D eigenvalue weighted by molar-refractivity contribution is 7.92. The fraction of sp³-hybridized carbons (Fsp3) is 0.158. The summed E-state index contributed by atoms with van der Waals surface area (Å²) in [7, 11) is -0.118. The molecule has 0 spiro atoms. The summed E-state index contributed by atoms with van der Waals surface area (Å²) in [6.45, 7) is 1.87. The molecule has 2 N–H and O–H groups in total. The molecule has 0 fully saturated rings. The van der Waals surface area contributed by atoms with Crippen molar-refractivity contribution in [3.8, 4) is 0 Å². The highest BCUT2D eigenvalue weighted by atomic mass is 35.5. The van der Waals surface area contributed by atoms with Crippen LogP contribution >= 0.6 is 11.6 Å². The Morgan fingerprint density at radius 1 is 1.00 bits per heavy atom. The molecule has 0 saturated heterocycles. The highest BCUT2D eigenvalue weighted by Crippen LogP contribution is 2.23. The molecule has 0 bridgehead atoms. The van der Waals surface area contributed by atoms with Gasteiger partial charge in [-0.1, -0.05) is 11.6 Å². The smallest absolute Gasteiger partial charge is 0.261 e. The van der Waals surface area contributed by atoms with E-state index in [0.717, 1.165) is 29.7 Å². The molecule has 1 heterocycles. The van der Waals surface area contributed by atoms with Gasteiger partial charge >= 0.3 is 0 Å². The van der Waals surface area contributed by atoms with Gasteiger partial charge in [0.05, 0.1) is 9.92 Å². The lowest BCUT2D eigenvalue weighted by Crippen LogP contribution is -2.13. The maximum atomic E-state index is 13.3. The van der Waals surface area contributed by atoms with Crippen LogP contribution in [0.1, 0.15) is 5.69 Å². The molecule has 10 heteroatoms. The monoisotopic (exact) mass is 435 g/mol. The number of aryl methyl sites for hydroxylation is 1. The average Bonchev–Trinajstić information content (AvgIpc) is 2.64. The van der Waals surface area contributed by atoms with Crippen molar-refractivity contribution < 1.29 is 12.8 Å². The van der Waals surface area contributed by atoms with Crippen molar-refractivity contribution in [3.05, 3.63) is 65.1 Å². The number of nitrogens with zero attached hydrogens (tertiary/aromatic N) is 3. The zero-order chi connectivity index (χ0) is 21.2. The number of aromatic nitrogens is 2. The van der Waals surface area contributed by atoms with Crippen LogP contribution in [0.4, 0.5) is 27.5 Å². The molecule has 3 aromatic rings.